The molecule has 4 heterocycles. The SMILES string of the molecule is O=C(Nc1ccccn1)c1ccsc1NC(=O)C1Nc2cnccc2S1. The normalized spacial score (nSPS) is 15.0. The lowest BCUT2D eigenvalue weighted by Gasteiger charge is -2.11. The Balaban J connectivity index is 1.44. The van der Waals surface area contributed by atoms with Gasteiger partial charge >= 0.3 is 0 Å². The van der Waals surface area contributed by atoms with Gasteiger partial charge in [0.05, 0.1) is 17.4 Å². The number of nitrogens with zero attached hydrogens (tertiary/aromatic N) is 2. The number of rotatable bonds is 4. The third-order valence-electron chi connectivity index (χ3n) is 3.60. The van der Waals surface area contributed by atoms with Crippen molar-refractivity contribution < 1.29 is 9.59 Å². The molecule has 3 aromatic heterocycles. The average molecular weight is 383 g/mol. The number of fused-ring (bicyclic) bond motifs is 1. The van der Waals surface area contributed by atoms with Crippen LogP contribution in [0.15, 0.2) is 59.2 Å². The summed E-state index contributed by atoms with van der Waals surface area (Å²) in [7, 11) is 0. The molecule has 3 N–H and O–H groups in total. The van der Waals surface area contributed by atoms with Crippen molar-refractivity contribution >= 4 is 51.4 Å². The second kappa shape index (κ2) is 7.14. The highest BCUT2D eigenvalue weighted by Gasteiger charge is 2.28. The molecular weight excluding hydrogens is 370 g/mol. The minimum atomic E-state index is -0.469. The Kier molecular flexibility index (Phi) is 4.55. The standard InChI is InChI=1S/C17H13N5O2S2/c23-14(21-13-3-1-2-6-19-13)10-5-8-25-16(10)22-15(24)17-20-11-9-18-7-4-12(11)26-17/h1-9,17,20H,(H,22,24)(H,19,21,23). The van der Waals surface area contributed by atoms with Crippen molar-refractivity contribution in [1.82, 2.24) is 9.97 Å². The number of pyridine rings is 2. The van der Waals surface area contributed by atoms with Crippen LogP contribution in [0.25, 0.3) is 0 Å². The Morgan fingerprint density at radius 1 is 1.12 bits per heavy atom. The van der Waals surface area contributed by atoms with Crippen LogP contribution in [0.4, 0.5) is 16.5 Å². The summed E-state index contributed by atoms with van der Waals surface area (Å²) in [5, 5.41) is 10.5. The largest absolute Gasteiger partial charge is 0.363 e. The molecule has 0 saturated heterocycles. The molecule has 26 heavy (non-hydrogen) atoms. The zero-order valence-corrected chi connectivity index (χ0v) is 14.9. The quantitative estimate of drug-likeness (QED) is 0.640. The molecule has 1 unspecified atom stereocenters. The lowest BCUT2D eigenvalue weighted by atomic mass is 10.3. The smallest absolute Gasteiger partial charge is 0.259 e. The summed E-state index contributed by atoms with van der Waals surface area (Å²) in [4.78, 5) is 34.1. The fraction of sp³-hybridized carbons (Fsp3) is 0.0588. The van der Waals surface area contributed by atoms with Crippen LogP contribution >= 0.6 is 23.1 Å². The predicted molar refractivity (Wildman–Crippen MR) is 103 cm³/mol. The van der Waals surface area contributed by atoms with Crippen molar-refractivity contribution in [2.24, 2.45) is 0 Å². The second-order valence-corrected chi connectivity index (χ2v) is 7.40. The summed E-state index contributed by atoms with van der Waals surface area (Å²) < 4.78 is 0. The first-order valence-electron chi connectivity index (χ1n) is 7.68. The lowest BCUT2D eigenvalue weighted by molar-refractivity contribution is -0.115. The van der Waals surface area contributed by atoms with E-state index in [-0.39, 0.29) is 11.8 Å². The maximum Gasteiger partial charge on any atom is 0.259 e. The van der Waals surface area contributed by atoms with E-state index >= 15 is 0 Å². The molecule has 7 nitrogen and oxygen atoms in total. The Morgan fingerprint density at radius 2 is 2.04 bits per heavy atom. The Bertz CT molecular complexity index is 936. The summed E-state index contributed by atoms with van der Waals surface area (Å²) in [5.74, 6) is -0.0859. The van der Waals surface area contributed by atoms with Crippen LogP contribution in [0.3, 0.4) is 0 Å². The molecule has 0 aliphatic carbocycles. The first-order chi connectivity index (χ1) is 12.7. The highest BCUT2D eigenvalue weighted by atomic mass is 32.2. The number of hydrogen-bond acceptors (Lipinski definition) is 7. The van der Waals surface area contributed by atoms with E-state index in [4.69, 9.17) is 0 Å². The molecule has 2 amide bonds. The number of thioether (sulfide) groups is 1. The highest BCUT2D eigenvalue weighted by molar-refractivity contribution is 8.01. The van der Waals surface area contributed by atoms with E-state index in [1.807, 2.05) is 6.07 Å². The van der Waals surface area contributed by atoms with Gasteiger partial charge in [0.15, 0.2) is 5.37 Å². The zero-order chi connectivity index (χ0) is 17.9. The molecule has 1 atom stereocenters. The van der Waals surface area contributed by atoms with Gasteiger partial charge in [-0.1, -0.05) is 17.8 Å². The topological polar surface area (TPSA) is 96.0 Å². The van der Waals surface area contributed by atoms with Crippen molar-refractivity contribution in [1.29, 1.82) is 0 Å². The molecule has 1 aliphatic rings. The van der Waals surface area contributed by atoms with Gasteiger partial charge in [0.2, 0.25) is 0 Å². The van der Waals surface area contributed by atoms with E-state index in [9.17, 15) is 9.59 Å². The van der Waals surface area contributed by atoms with Gasteiger partial charge in [0.25, 0.3) is 11.8 Å². The minimum absolute atomic E-state index is 0.222. The molecule has 9 heteroatoms. The van der Waals surface area contributed by atoms with Crippen LogP contribution in [0.2, 0.25) is 0 Å². The summed E-state index contributed by atoms with van der Waals surface area (Å²) in [6.07, 6.45) is 4.97. The minimum Gasteiger partial charge on any atom is -0.363 e. The summed E-state index contributed by atoms with van der Waals surface area (Å²) in [5.41, 5.74) is 1.23. The van der Waals surface area contributed by atoms with E-state index in [0.717, 1.165) is 10.6 Å². The predicted octanol–water partition coefficient (Wildman–Crippen LogP) is 3.27. The van der Waals surface area contributed by atoms with Gasteiger partial charge in [0, 0.05) is 17.3 Å². The Morgan fingerprint density at radius 3 is 2.85 bits per heavy atom. The maximum absolute atomic E-state index is 12.6. The van der Waals surface area contributed by atoms with Crippen LogP contribution in [0.5, 0.6) is 0 Å². The lowest BCUT2D eigenvalue weighted by Crippen LogP contribution is -2.29. The van der Waals surface area contributed by atoms with Crippen LogP contribution in [-0.4, -0.2) is 27.2 Å². The highest BCUT2D eigenvalue weighted by Crippen LogP contribution is 2.38. The van der Waals surface area contributed by atoms with Gasteiger partial charge in [-0.15, -0.1) is 11.3 Å². The van der Waals surface area contributed by atoms with Crippen molar-refractivity contribution in [3.8, 4) is 0 Å². The van der Waals surface area contributed by atoms with Gasteiger partial charge < -0.3 is 16.0 Å². The van der Waals surface area contributed by atoms with Crippen LogP contribution in [-0.2, 0) is 4.79 Å². The number of carbonyl (C=O) groups is 2. The van der Waals surface area contributed by atoms with Gasteiger partial charge in [-0.2, -0.15) is 0 Å². The van der Waals surface area contributed by atoms with Gasteiger partial charge in [0.1, 0.15) is 10.8 Å². The van der Waals surface area contributed by atoms with Gasteiger partial charge in [-0.05, 0) is 29.6 Å². The number of aromatic nitrogens is 2. The number of anilines is 3. The molecule has 0 saturated carbocycles. The Labute approximate surface area is 157 Å². The van der Waals surface area contributed by atoms with E-state index in [1.54, 1.807) is 48.2 Å². The molecule has 0 bridgehead atoms. The van der Waals surface area contributed by atoms with E-state index in [1.165, 1.54) is 23.1 Å². The molecule has 130 valence electrons. The Hall–Kier alpha value is -2.91. The fourth-order valence-corrected chi connectivity index (χ4v) is 4.16. The third kappa shape index (κ3) is 3.39. The van der Waals surface area contributed by atoms with Crippen molar-refractivity contribution in [3.05, 3.63) is 59.9 Å². The van der Waals surface area contributed by atoms with E-state index < -0.39 is 5.37 Å². The molecule has 0 aromatic carbocycles. The summed E-state index contributed by atoms with van der Waals surface area (Å²) in [6.45, 7) is 0. The number of hydrogen-bond donors (Lipinski definition) is 3. The van der Waals surface area contributed by atoms with Crippen molar-refractivity contribution in [2.45, 2.75) is 10.3 Å². The number of carbonyl (C=O) groups excluding carboxylic acids is 2. The van der Waals surface area contributed by atoms with Gasteiger partial charge in [-0.3, -0.25) is 14.6 Å². The number of amides is 2. The zero-order valence-electron chi connectivity index (χ0n) is 13.3. The van der Waals surface area contributed by atoms with Crippen molar-refractivity contribution in [2.75, 3.05) is 16.0 Å². The van der Waals surface area contributed by atoms with E-state index in [0.29, 0.717) is 16.4 Å². The van der Waals surface area contributed by atoms with Crippen LogP contribution < -0.4 is 16.0 Å². The monoisotopic (exact) mass is 383 g/mol. The van der Waals surface area contributed by atoms with Crippen molar-refractivity contribution in [3.63, 3.8) is 0 Å². The average Bonchev–Trinajstić information content (AvgIpc) is 3.29. The maximum atomic E-state index is 12.6. The third-order valence-corrected chi connectivity index (χ3v) is 5.61. The second-order valence-electron chi connectivity index (χ2n) is 5.34. The first-order valence-corrected chi connectivity index (χ1v) is 9.44. The van der Waals surface area contributed by atoms with E-state index in [2.05, 4.69) is 25.9 Å². The molecule has 4 rings (SSSR count). The first kappa shape index (κ1) is 16.6. The van der Waals surface area contributed by atoms with Crippen LogP contribution in [0.1, 0.15) is 10.4 Å². The molecule has 0 fully saturated rings. The van der Waals surface area contributed by atoms with Gasteiger partial charge in [-0.25, -0.2) is 4.98 Å². The summed E-state index contributed by atoms with van der Waals surface area (Å²) >= 11 is 2.71. The van der Waals surface area contributed by atoms with Crippen LogP contribution in [0, 0.1) is 0 Å². The molecule has 1 aliphatic heterocycles. The molecule has 0 spiro atoms. The molecule has 0 radical (unpaired) electrons. The molecular formula is C17H13N5O2S2. The molecule has 3 aromatic rings. The summed E-state index contributed by atoms with van der Waals surface area (Å²) in [6, 6.07) is 8.79. The number of nitrogens with one attached hydrogen (secondary N) is 3. The fourth-order valence-electron chi connectivity index (χ4n) is 2.39. The number of thiophene rings is 1.